The number of halogens is 4. The lowest BCUT2D eigenvalue weighted by molar-refractivity contribution is -0.137. The molecule has 100 valence electrons. The highest BCUT2D eigenvalue weighted by Crippen LogP contribution is 2.35. The summed E-state index contributed by atoms with van der Waals surface area (Å²) in [7, 11) is 0. The molecule has 0 aliphatic heterocycles. The topological polar surface area (TPSA) is 12.0 Å². The van der Waals surface area contributed by atoms with Gasteiger partial charge in [0.2, 0.25) is 0 Å². The van der Waals surface area contributed by atoms with E-state index in [9.17, 15) is 13.2 Å². The van der Waals surface area contributed by atoms with Crippen molar-refractivity contribution < 1.29 is 13.2 Å². The summed E-state index contributed by atoms with van der Waals surface area (Å²) in [6.07, 6.45) is -1.01. The average Bonchev–Trinajstić information content (AvgIpc) is 2.62. The van der Waals surface area contributed by atoms with Gasteiger partial charge < -0.3 is 5.32 Å². The third-order valence-corrected chi connectivity index (χ3v) is 3.90. The summed E-state index contributed by atoms with van der Waals surface area (Å²) in [6, 6.07) is 4.25. The number of hydrogen-bond donors (Lipinski definition) is 1. The van der Waals surface area contributed by atoms with Crippen LogP contribution in [-0.2, 0) is 6.18 Å². The van der Waals surface area contributed by atoms with Crippen LogP contribution < -0.4 is 5.32 Å². The van der Waals surface area contributed by atoms with E-state index >= 15 is 0 Å². The molecule has 0 aromatic heterocycles. The molecule has 2 rings (SSSR count). The minimum Gasteiger partial charge on any atom is -0.382 e. The van der Waals surface area contributed by atoms with E-state index < -0.39 is 11.7 Å². The molecule has 1 nitrogen and oxygen atoms in total. The Labute approximate surface area is 113 Å². The van der Waals surface area contributed by atoms with Gasteiger partial charge in [-0.15, -0.1) is 0 Å². The molecule has 1 fully saturated rings. The minimum absolute atomic E-state index is 0.278. The molecule has 0 heterocycles. The van der Waals surface area contributed by atoms with Crippen LogP contribution >= 0.6 is 15.9 Å². The van der Waals surface area contributed by atoms with Crippen molar-refractivity contribution in [1.82, 2.24) is 0 Å². The smallest absolute Gasteiger partial charge is 0.382 e. The molecule has 0 spiro atoms. The Balaban J connectivity index is 2.20. The highest BCUT2D eigenvalue weighted by molar-refractivity contribution is 9.10. The molecule has 2 unspecified atom stereocenters. The van der Waals surface area contributed by atoms with Crippen molar-refractivity contribution in [3.63, 3.8) is 0 Å². The summed E-state index contributed by atoms with van der Waals surface area (Å²) in [6.45, 7) is 2.13. The van der Waals surface area contributed by atoms with Crippen LogP contribution in [-0.4, -0.2) is 6.04 Å². The predicted octanol–water partition coefficient (Wildman–Crippen LogP) is 5.07. The van der Waals surface area contributed by atoms with Gasteiger partial charge in [0.05, 0.1) is 5.56 Å². The van der Waals surface area contributed by atoms with Gasteiger partial charge in [-0.05, 0) is 37.0 Å². The quantitative estimate of drug-likeness (QED) is 0.802. The number of alkyl halides is 3. The van der Waals surface area contributed by atoms with Gasteiger partial charge in [0.25, 0.3) is 0 Å². The Morgan fingerprint density at radius 1 is 1.22 bits per heavy atom. The van der Waals surface area contributed by atoms with Crippen molar-refractivity contribution in [2.24, 2.45) is 5.92 Å². The van der Waals surface area contributed by atoms with Gasteiger partial charge in [0, 0.05) is 16.2 Å². The number of hydrogen-bond acceptors (Lipinski definition) is 1. The Morgan fingerprint density at radius 3 is 2.50 bits per heavy atom. The fraction of sp³-hybridized carbons (Fsp3) is 0.538. The van der Waals surface area contributed by atoms with Crippen molar-refractivity contribution in [2.75, 3.05) is 5.32 Å². The lowest BCUT2D eigenvalue weighted by Gasteiger charge is -2.20. The van der Waals surface area contributed by atoms with Crippen molar-refractivity contribution in [3.8, 4) is 0 Å². The molecule has 2 atom stereocenters. The molecular formula is C13H15BrF3N. The largest absolute Gasteiger partial charge is 0.416 e. The van der Waals surface area contributed by atoms with E-state index in [4.69, 9.17) is 0 Å². The second kappa shape index (κ2) is 5.11. The Morgan fingerprint density at radius 2 is 1.94 bits per heavy atom. The fourth-order valence-corrected chi connectivity index (χ4v) is 2.90. The van der Waals surface area contributed by atoms with Crippen molar-refractivity contribution in [3.05, 3.63) is 28.2 Å². The number of rotatable bonds is 2. The highest BCUT2D eigenvalue weighted by Gasteiger charge is 2.31. The van der Waals surface area contributed by atoms with Crippen LogP contribution in [0.5, 0.6) is 0 Å². The van der Waals surface area contributed by atoms with Crippen molar-refractivity contribution in [2.45, 2.75) is 38.4 Å². The van der Waals surface area contributed by atoms with E-state index in [1.807, 2.05) is 0 Å². The van der Waals surface area contributed by atoms with Crippen LogP contribution in [0.25, 0.3) is 0 Å². The lowest BCUT2D eigenvalue weighted by atomic mass is 10.1. The van der Waals surface area contributed by atoms with Gasteiger partial charge in [-0.1, -0.05) is 29.3 Å². The molecule has 0 bridgehead atoms. The molecular weight excluding hydrogens is 307 g/mol. The SMILES string of the molecule is CC1CCCC1Nc1cc(Br)cc(C(F)(F)F)c1. The molecule has 0 saturated heterocycles. The molecule has 1 N–H and O–H groups in total. The molecule has 18 heavy (non-hydrogen) atoms. The van der Waals surface area contributed by atoms with E-state index in [-0.39, 0.29) is 6.04 Å². The molecule has 1 aromatic carbocycles. The van der Waals surface area contributed by atoms with Gasteiger partial charge in [-0.3, -0.25) is 0 Å². The Hall–Kier alpha value is -0.710. The summed E-state index contributed by atoms with van der Waals surface area (Å²) in [4.78, 5) is 0. The highest BCUT2D eigenvalue weighted by atomic mass is 79.9. The van der Waals surface area contributed by atoms with Gasteiger partial charge in [0.15, 0.2) is 0 Å². The van der Waals surface area contributed by atoms with E-state index in [1.165, 1.54) is 6.07 Å². The minimum atomic E-state index is -4.30. The monoisotopic (exact) mass is 321 g/mol. The Bertz CT molecular complexity index is 431. The summed E-state index contributed by atoms with van der Waals surface area (Å²) in [5.41, 5.74) is -0.0829. The molecule has 0 radical (unpaired) electrons. The summed E-state index contributed by atoms with van der Waals surface area (Å²) in [5.74, 6) is 0.512. The normalized spacial score (nSPS) is 24.3. The van der Waals surface area contributed by atoms with E-state index in [2.05, 4.69) is 28.2 Å². The molecule has 1 aliphatic rings. The van der Waals surface area contributed by atoms with Crippen LogP contribution in [0.1, 0.15) is 31.7 Å². The van der Waals surface area contributed by atoms with Crippen molar-refractivity contribution in [1.29, 1.82) is 0 Å². The zero-order valence-electron chi connectivity index (χ0n) is 10.0. The van der Waals surface area contributed by atoms with Crippen molar-refractivity contribution >= 4 is 21.6 Å². The molecule has 1 saturated carbocycles. The van der Waals surface area contributed by atoms with Crippen LogP contribution in [0.4, 0.5) is 18.9 Å². The van der Waals surface area contributed by atoms with Gasteiger partial charge >= 0.3 is 6.18 Å². The molecule has 1 aromatic rings. The first-order valence-electron chi connectivity index (χ1n) is 6.00. The number of benzene rings is 1. The second-order valence-electron chi connectivity index (χ2n) is 4.89. The average molecular weight is 322 g/mol. The molecule has 1 aliphatic carbocycles. The molecule has 5 heteroatoms. The molecule has 0 amide bonds. The van der Waals surface area contributed by atoms with Gasteiger partial charge in [-0.25, -0.2) is 0 Å². The maximum atomic E-state index is 12.7. The first-order valence-corrected chi connectivity index (χ1v) is 6.80. The van der Waals surface area contributed by atoms with Gasteiger partial charge in [-0.2, -0.15) is 13.2 Å². The number of nitrogens with one attached hydrogen (secondary N) is 1. The van der Waals surface area contributed by atoms with E-state index in [1.54, 1.807) is 6.07 Å². The third-order valence-electron chi connectivity index (χ3n) is 3.44. The van der Waals surface area contributed by atoms with E-state index in [0.717, 1.165) is 25.3 Å². The summed E-state index contributed by atoms with van der Waals surface area (Å²) >= 11 is 3.13. The predicted molar refractivity (Wildman–Crippen MR) is 69.6 cm³/mol. The zero-order valence-corrected chi connectivity index (χ0v) is 11.6. The first-order chi connectivity index (χ1) is 8.36. The fourth-order valence-electron chi connectivity index (χ4n) is 2.41. The maximum Gasteiger partial charge on any atom is 0.416 e. The maximum absolute atomic E-state index is 12.7. The van der Waals surface area contributed by atoms with Crippen LogP contribution in [0, 0.1) is 5.92 Å². The second-order valence-corrected chi connectivity index (χ2v) is 5.80. The van der Waals surface area contributed by atoms with Gasteiger partial charge in [0.1, 0.15) is 0 Å². The Kier molecular flexibility index (Phi) is 3.90. The van der Waals surface area contributed by atoms with Crippen LogP contribution in [0.3, 0.4) is 0 Å². The van der Waals surface area contributed by atoms with Crippen LogP contribution in [0.2, 0.25) is 0 Å². The zero-order chi connectivity index (χ0) is 13.3. The lowest BCUT2D eigenvalue weighted by Crippen LogP contribution is -2.22. The van der Waals surface area contributed by atoms with E-state index in [0.29, 0.717) is 16.1 Å². The third kappa shape index (κ3) is 3.19. The number of anilines is 1. The summed E-state index contributed by atoms with van der Waals surface area (Å²) in [5, 5.41) is 3.21. The van der Waals surface area contributed by atoms with Crippen LogP contribution in [0.15, 0.2) is 22.7 Å². The summed E-state index contributed by atoms with van der Waals surface area (Å²) < 4.78 is 38.5. The standard InChI is InChI=1S/C13H15BrF3N/c1-8-3-2-4-12(8)18-11-6-9(13(15,16)17)5-10(14)7-11/h5-8,12,18H,2-4H2,1H3. The first kappa shape index (κ1) is 13.7.